The summed E-state index contributed by atoms with van der Waals surface area (Å²) in [6.07, 6.45) is 0. The van der Waals surface area contributed by atoms with E-state index in [4.69, 9.17) is 4.74 Å². The second kappa shape index (κ2) is 7.24. The van der Waals surface area contributed by atoms with Gasteiger partial charge in [0.15, 0.2) is 5.82 Å². The minimum atomic E-state index is -0.142. The number of nitrogens with one attached hydrogen (secondary N) is 2. The molecule has 1 atom stereocenters. The third kappa shape index (κ3) is 3.56. The van der Waals surface area contributed by atoms with E-state index in [1.54, 1.807) is 13.2 Å². The fourth-order valence-electron chi connectivity index (χ4n) is 2.69. The summed E-state index contributed by atoms with van der Waals surface area (Å²) >= 11 is 1.43. The van der Waals surface area contributed by atoms with Crippen LogP contribution in [0, 0.1) is 0 Å². The quantitative estimate of drug-likeness (QED) is 0.515. The first kappa shape index (κ1) is 17.3. The van der Waals surface area contributed by atoms with Gasteiger partial charge in [0.1, 0.15) is 11.6 Å². The summed E-state index contributed by atoms with van der Waals surface area (Å²) in [5.41, 5.74) is 1.45. The highest BCUT2D eigenvalue weighted by Gasteiger charge is 2.15. The summed E-state index contributed by atoms with van der Waals surface area (Å²) in [7, 11) is 1.63. The van der Waals surface area contributed by atoms with Crippen LogP contribution in [0.3, 0.4) is 0 Å². The molecular weight excluding hydrogens is 362 g/mol. The zero-order chi connectivity index (χ0) is 18.8. The van der Waals surface area contributed by atoms with Gasteiger partial charge in [-0.15, -0.1) is 5.10 Å². The Bertz CT molecular complexity index is 1140. The summed E-state index contributed by atoms with van der Waals surface area (Å²) in [5.74, 6) is 2.06. The van der Waals surface area contributed by atoms with E-state index in [0.29, 0.717) is 27.7 Å². The van der Waals surface area contributed by atoms with Crippen molar-refractivity contribution in [2.24, 2.45) is 0 Å². The van der Waals surface area contributed by atoms with Gasteiger partial charge in [0.2, 0.25) is 5.16 Å². The lowest BCUT2D eigenvalue weighted by Gasteiger charge is -2.08. The molecule has 2 heterocycles. The molecule has 0 spiro atoms. The minimum absolute atomic E-state index is 0.109. The van der Waals surface area contributed by atoms with E-state index in [0.717, 1.165) is 11.3 Å². The largest absolute Gasteiger partial charge is 0.497 e. The molecule has 0 fully saturated rings. The second-order valence-electron chi connectivity index (χ2n) is 5.92. The van der Waals surface area contributed by atoms with Gasteiger partial charge in [0.25, 0.3) is 5.56 Å². The summed E-state index contributed by atoms with van der Waals surface area (Å²) in [5, 5.41) is 8.26. The van der Waals surface area contributed by atoms with E-state index in [9.17, 15) is 4.79 Å². The van der Waals surface area contributed by atoms with Crippen molar-refractivity contribution >= 4 is 22.7 Å². The number of rotatable bonds is 5. The lowest BCUT2D eigenvalue weighted by Crippen LogP contribution is -2.12. The molecule has 0 bridgehead atoms. The molecule has 0 aliphatic carbocycles. The van der Waals surface area contributed by atoms with Gasteiger partial charge >= 0.3 is 0 Å². The molecule has 136 valence electrons. The van der Waals surface area contributed by atoms with Crippen molar-refractivity contribution in [3.05, 3.63) is 64.7 Å². The molecule has 4 rings (SSSR count). The number of aromatic nitrogens is 5. The second-order valence-corrected chi connectivity index (χ2v) is 7.23. The van der Waals surface area contributed by atoms with Crippen molar-refractivity contribution in [1.82, 2.24) is 25.1 Å². The van der Waals surface area contributed by atoms with E-state index >= 15 is 0 Å². The number of thioether (sulfide) groups is 1. The molecule has 0 saturated heterocycles. The number of H-pyrrole nitrogens is 2. The smallest absolute Gasteiger partial charge is 0.258 e. The molecule has 0 aliphatic rings. The molecule has 2 aromatic carbocycles. The van der Waals surface area contributed by atoms with E-state index in [-0.39, 0.29) is 10.8 Å². The van der Waals surface area contributed by atoms with Crippen LogP contribution >= 0.6 is 11.8 Å². The van der Waals surface area contributed by atoms with Crippen molar-refractivity contribution in [3.63, 3.8) is 0 Å². The van der Waals surface area contributed by atoms with E-state index in [2.05, 4.69) is 25.1 Å². The fraction of sp³-hybridized carbons (Fsp3) is 0.158. The monoisotopic (exact) mass is 379 g/mol. The summed E-state index contributed by atoms with van der Waals surface area (Å²) in [6.45, 7) is 1.96. The number of aromatic amines is 2. The average Bonchev–Trinajstić information content (AvgIpc) is 3.16. The Labute approximate surface area is 159 Å². The van der Waals surface area contributed by atoms with Gasteiger partial charge in [-0.1, -0.05) is 23.9 Å². The van der Waals surface area contributed by atoms with E-state index in [1.807, 2.05) is 49.4 Å². The number of para-hydroxylation sites is 1. The van der Waals surface area contributed by atoms with E-state index < -0.39 is 0 Å². The number of fused-ring (bicyclic) bond motifs is 1. The highest BCUT2D eigenvalue weighted by atomic mass is 32.2. The van der Waals surface area contributed by atoms with Crippen molar-refractivity contribution in [3.8, 4) is 17.1 Å². The maximum absolute atomic E-state index is 12.2. The van der Waals surface area contributed by atoms with Crippen LogP contribution < -0.4 is 10.3 Å². The molecule has 27 heavy (non-hydrogen) atoms. The third-order valence-electron chi connectivity index (χ3n) is 4.13. The van der Waals surface area contributed by atoms with Gasteiger partial charge in [-0.2, -0.15) is 0 Å². The molecule has 2 aromatic heterocycles. The van der Waals surface area contributed by atoms with Crippen LogP contribution in [0.5, 0.6) is 5.75 Å². The Balaban J connectivity index is 1.55. The normalized spacial score (nSPS) is 12.2. The Hall–Kier alpha value is -3.13. The zero-order valence-electron chi connectivity index (χ0n) is 14.8. The first-order valence-electron chi connectivity index (χ1n) is 8.36. The predicted octanol–water partition coefficient (Wildman–Crippen LogP) is 3.57. The molecule has 0 radical (unpaired) electrons. The minimum Gasteiger partial charge on any atom is -0.497 e. The van der Waals surface area contributed by atoms with Gasteiger partial charge in [0.05, 0.1) is 23.3 Å². The van der Waals surface area contributed by atoms with Crippen LogP contribution in [-0.4, -0.2) is 32.3 Å². The Morgan fingerprint density at radius 1 is 1.07 bits per heavy atom. The van der Waals surface area contributed by atoms with Gasteiger partial charge < -0.3 is 9.72 Å². The van der Waals surface area contributed by atoms with Gasteiger partial charge in [-0.3, -0.25) is 9.89 Å². The van der Waals surface area contributed by atoms with Crippen molar-refractivity contribution in [2.75, 3.05) is 7.11 Å². The van der Waals surface area contributed by atoms with Crippen molar-refractivity contribution < 1.29 is 4.74 Å². The number of hydrogen-bond donors (Lipinski definition) is 2. The first-order chi connectivity index (χ1) is 13.1. The fourth-order valence-corrected chi connectivity index (χ4v) is 3.47. The number of hydrogen-bond acceptors (Lipinski definition) is 6. The van der Waals surface area contributed by atoms with Crippen LogP contribution in [0.2, 0.25) is 0 Å². The number of nitrogens with zero attached hydrogens (tertiary/aromatic N) is 3. The van der Waals surface area contributed by atoms with Crippen LogP contribution in [0.25, 0.3) is 22.3 Å². The van der Waals surface area contributed by atoms with Crippen LogP contribution in [0.1, 0.15) is 18.0 Å². The molecule has 2 N–H and O–H groups in total. The molecule has 4 aromatic rings. The Morgan fingerprint density at radius 3 is 2.63 bits per heavy atom. The SMILES string of the molecule is COc1ccc(-c2nc(S[C@H](C)c3nc4ccccc4c(=O)[nH]3)n[nH]2)cc1. The maximum Gasteiger partial charge on any atom is 0.258 e. The topological polar surface area (TPSA) is 96.6 Å². The summed E-state index contributed by atoms with van der Waals surface area (Å²) in [6, 6.07) is 14.9. The molecule has 7 nitrogen and oxygen atoms in total. The van der Waals surface area contributed by atoms with Gasteiger partial charge in [0, 0.05) is 5.56 Å². The lowest BCUT2D eigenvalue weighted by atomic mass is 10.2. The number of methoxy groups -OCH3 is 1. The maximum atomic E-state index is 12.2. The molecule has 0 saturated carbocycles. The highest BCUT2D eigenvalue weighted by Crippen LogP contribution is 2.31. The third-order valence-corrected chi connectivity index (χ3v) is 5.10. The standard InChI is InChI=1S/C19H17N5O2S/c1-11(16-20-15-6-4-3-5-14(15)18(25)21-16)27-19-22-17(23-24-19)12-7-9-13(26-2)10-8-12/h3-11H,1-2H3,(H,20,21,25)(H,22,23,24)/t11-/m1/s1. The average molecular weight is 379 g/mol. The number of ether oxygens (including phenoxy) is 1. The van der Waals surface area contributed by atoms with Crippen molar-refractivity contribution in [2.45, 2.75) is 17.3 Å². The molecule has 0 aliphatic heterocycles. The van der Waals surface area contributed by atoms with Crippen LogP contribution in [-0.2, 0) is 0 Å². The lowest BCUT2D eigenvalue weighted by molar-refractivity contribution is 0.415. The number of benzene rings is 2. The first-order valence-corrected chi connectivity index (χ1v) is 9.24. The van der Waals surface area contributed by atoms with Crippen LogP contribution in [0.15, 0.2) is 58.5 Å². The molecule has 8 heteroatoms. The van der Waals surface area contributed by atoms with Gasteiger partial charge in [-0.05, 0) is 43.3 Å². The van der Waals surface area contributed by atoms with Gasteiger partial charge in [-0.25, -0.2) is 9.97 Å². The molecular formula is C19H17N5O2S. The highest BCUT2D eigenvalue weighted by molar-refractivity contribution is 7.99. The summed E-state index contributed by atoms with van der Waals surface area (Å²) < 4.78 is 5.17. The Kier molecular flexibility index (Phi) is 4.64. The van der Waals surface area contributed by atoms with Crippen LogP contribution in [0.4, 0.5) is 0 Å². The Morgan fingerprint density at radius 2 is 1.85 bits per heavy atom. The predicted molar refractivity (Wildman–Crippen MR) is 105 cm³/mol. The van der Waals surface area contributed by atoms with Crippen molar-refractivity contribution in [1.29, 1.82) is 0 Å². The molecule has 0 amide bonds. The zero-order valence-corrected chi connectivity index (χ0v) is 15.6. The summed E-state index contributed by atoms with van der Waals surface area (Å²) in [4.78, 5) is 24.2. The van der Waals surface area contributed by atoms with E-state index in [1.165, 1.54) is 11.8 Å². The molecule has 0 unspecified atom stereocenters.